The fourth-order valence-corrected chi connectivity index (χ4v) is 1.41. The minimum atomic E-state index is -0.446. The highest BCUT2D eigenvalue weighted by Gasteiger charge is 2.10. The van der Waals surface area contributed by atoms with E-state index < -0.39 is 4.92 Å². The minimum Gasteiger partial charge on any atom is -0.492 e. The molecule has 0 atom stereocenters. The van der Waals surface area contributed by atoms with Gasteiger partial charge in [-0.25, -0.2) is 0 Å². The molecule has 0 heterocycles. The first-order chi connectivity index (χ1) is 7.50. The molecule has 0 aliphatic carbocycles. The Labute approximate surface area is 102 Å². The Morgan fingerprint density at radius 3 is 2.88 bits per heavy atom. The predicted octanol–water partition coefficient (Wildman–Crippen LogP) is 3.70. The topological polar surface area (TPSA) is 52.4 Å². The summed E-state index contributed by atoms with van der Waals surface area (Å²) in [6.07, 6.45) is 0.731. The number of nitro groups is 1. The maximum atomic E-state index is 10.6. The summed E-state index contributed by atoms with van der Waals surface area (Å²) < 4.78 is 6.13. The van der Waals surface area contributed by atoms with Gasteiger partial charge in [-0.1, -0.05) is 5.57 Å². The second-order valence-electron chi connectivity index (χ2n) is 3.43. The molecule has 86 valence electrons. The molecule has 1 aromatic rings. The van der Waals surface area contributed by atoms with Crippen LogP contribution in [0, 0.1) is 10.1 Å². The molecule has 0 aliphatic heterocycles. The summed E-state index contributed by atoms with van der Waals surface area (Å²) in [5, 5.41) is 10.6. The number of benzene rings is 1. The van der Waals surface area contributed by atoms with Gasteiger partial charge in [0, 0.05) is 12.5 Å². The molecule has 0 saturated heterocycles. The predicted molar refractivity (Wildman–Crippen MR) is 65.7 cm³/mol. The normalized spacial score (nSPS) is 9.88. The molecular weight excluding hydrogens is 274 g/mol. The van der Waals surface area contributed by atoms with Crippen LogP contribution in [-0.4, -0.2) is 11.5 Å². The molecule has 0 bridgehead atoms. The number of hydrogen-bond acceptors (Lipinski definition) is 3. The molecule has 1 rings (SSSR count). The maximum absolute atomic E-state index is 10.6. The van der Waals surface area contributed by atoms with E-state index in [4.69, 9.17) is 4.74 Å². The van der Waals surface area contributed by atoms with Crippen LogP contribution in [0.2, 0.25) is 0 Å². The van der Waals surface area contributed by atoms with E-state index in [1.807, 2.05) is 6.92 Å². The molecule has 0 unspecified atom stereocenters. The van der Waals surface area contributed by atoms with Gasteiger partial charge in [0.05, 0.1) is 22.1 Å². The molecule has 0 saturated carbocycles. The summed E-state index contributed by atoms with van der Waals surface area (Å²) in [6.45, 7) is 6.13. The number of hydrogen-bond donors (Lipinski definition) is 0. The zero-order valence-electron chi connectivity index (χ0n) is 8.90. The van der Waals surface area contributed by atoms with E-state index in [9.17, 15) is 10.1 Å². The van der Waals surface area contributed by atoms with Gasteiger partial charge >= 0.3 is 0 Å². The fourth-order valence-electron chi connectivity index (χ4n) is 1.05. The van der Waals surface area contributed by atoms with Gasteiger partial charge in [-0.15, -0.1) is 6.58 Å². The van der Waals surface area contributed by atoms with Gasteiger partial charge in [0.1, 0.15) is 5.75 Å². The van der Waals surface area contributed by atoms with Crippen molar-refractivity contribution in [2.45, 2.75) is 13.3 Å². The highest BCUT2D eigenvalue weighted by atomic mass is 79.9. The Morgan fingerprint density at radius 2 is 2.31 bits per heavy atom. The largest absolute Gasteiger partial charge is 0.492 e. The van der Waals surface area contributed by atoms with E-state index in [1.54, 1.807) is 6.07 Å². The molecule has 5 heteroatoms. The molecule has 16 heavy (non-hydrogen) atoms. The van der Waals surface area contributed by atoms with Gasteiger partial charge in [-0.05, 0) is 28.9 Å². The van der Waals surface area contributed by atoms with E-state index in [2.05, 4.69) is 22.5 Å². The summed E-state index contributed by atoms with van der Waals surface area (Å²) in [6, 6.07) is 4.44. The molecule has 0 aliphatic rings. The number of rotatable bonds is 5. The Morgan fingerprint density at radius 1 is 1.62 bits per heavy atom. The highest BCUT2D eigenvalue weighted by Crippen LogP contribution is 2.29. The third-order valence-corrected chi connectivity index (χ3v) is 2.57. The van der Waals surface area contributed by atoms with Gasteiger partial charge in [-0.3, -0.25) is 10.1 Å². The van der Waals surface area contributed by atoms with Crippen LogP contribution in [0.25, 0.3) is 0 Å². The fraction of sp³-hybridized carbons (Fsp3) is 0.273. The van der Waals surface area contributed by atoms with Crippen LogP contribution in [0.4, 0.5) is 5.69 Å². The standard InChI is InChI=1S/C11H12BrNO3/c1-8(2)5-6-16-11-7-9(13(14)15)3-4-10(11)12/h3-4,7H,1,5-6H2,2H3. The number of ether oxygens (including phenoxy) is 1. The van der Waals surface area contributed by atoms with E-state index in [0.717, 1.165) is 12.0 Å². The van der Waals surface area contributed by atoms with Crippen molar-refractivity contribution in [2.24, 2.45) is 0 Å². The van der Waals surface area contributed by atoms with Crippen molar-refractivity contribution in [1.29, 1.82) is 0 Å². The third kappa shape index (κ3) is 3.66. The smallest absolute Gasteiger partial charge is 0.273 e. The van der Waals surface area contributed by atoms with Crippen LogP contribution < -0.4 is 4.74 Å². The lowest BCUT2D eigenvalue weighted by molar-refractivity contribution is -0.385. The second kappa shape index (κ2) is 5.65. The van der Waals surface area contributed by atoms with Gasteiger partial charge in [0.25, 0.3) is 5.69 Å². The molecule has 0 amide bonds. The van der Waals surface area contributed by atoms with Gasteiger partial charge in [-0.2, -0.15) is 0 Å². The molecular formula is C11H12BrNO3. The summed E-state index contributed by atoms with van der Waals surface area (Å²) in [5.41, 5.74) is 1.04. The van der Waals surface area contributed by atoms with Crippen LogP contribution in [0.3, 0.4) is 0 Å². The lowest BCUT2D eigenvalue weighted by Crippen LogP contribution is -1.99. The first-order valence-corrected chi connectivity index (χ1v) is 5.51. The molecule has 0 N–H and O–H groups in total. The molecule has 0 fully saturated rings. The van der Waals surface area contributed by atoms with Crippen LogP contribution in [0.5, 0.6) is 5.75 Å². The summed E-state index contributed by atoms with van der Waals surface area (Å²) in [5.74, 6) is 0.482. The quantitative estimate of drug-likeness (QED) is 0.471. The first-order valence-electron chi connectivity index (χ1n) is 4.72. The molecule has 4 nitrogen and oxygen atoms in total. The number of non-ortho nitro benzene ring substituents is 1. The number of nitro benzene ring substituents is 1. The molecule has 0 spiro atoms. The highest BCUT2D eigenvalue weighted by molar-refractivity contribution is 9.10. The lowest BCUT2D eigenvalue weighted by Gasteiger charge is -2.07. The zero-order valence-corrected chi connectivity index (χ0v) is 10.5. The molecule has 1 aromatic carbocycles. The SMILES string of the molecule is C=C(C)CCOc1cc([N+](=O)[O-])ccc1Br. The third-order valence-electron chi connectivity index (χ3n) is 1.91. The van der Waals surface area contributed by atoms with Crippen molar-refractivity contribution in [1.82, 2.24) is 0 Å². The van der Waals surface area contributed by atoms with Crippen molar-refractivity contribution in [3.05, 3.63) is 44.9 Å². The van der Waals surface area contributed by atoms with E-state index >= 15 is 0 Å². The van der Waals surface area contributed by atoms with Crippen LogP contribution in [-0.2, 0) is 0 Å². The average molecular weight is 286 g/mol. The maximum Gasteiger partial charge on any atom is 0.273 e. The Kier molecular flexibility index (Phi) is 4.49. The summed E-state index contributed by atoms with van der Waals surface area (Å²) >= 11 is 3.28. The van der Waals surface area contributed by atoms with Crippen molar-refractivity contribution in [3.63, 3.8) is 0 Å². The van der Waals surface area contributed by atoms with Crippen molar-refractivity contribution in [3.8, 4) is 5.75 Å². The lowest BCUT2D eigenvalue weighted by atomic mass is 10.2. The summed E-state index contributed by atoms with van der Waals surface area (Å²) in [4.78, 5) is 10.1. The Bertz CT molecular complexity index is 418. The van der Waals surface area contributed by atoms with Crippen LogP contribution in [0.1, 0.15) is 13.3 Å². The van der Waals surface area contributed by atoms with Crippen molar-refractivity contribution >= 4 is 21.6 Å². The molecule has 0 aromatic heterocycles. The second-order valence-corrected chi connectivity index (χ2v) is 4.28. The van der Waals surface area contributed by atoms with Crippen molar-refractivity contribution in [2.75, 3.05) is 6.61 Å². The number of nitrogens with zero attached hydrogens (tertiary/aromatic N) is 1. The summed E-state index contributed by atoms with van der Waals surface area (Å²) in [7, 11) is 0. The Balaban J connectivity index is 2.74. The minimum absolute atomic E-state index is 0.0218. The van der Waals surface area contributed by atoms with Gasteiger partial charge in [0.15, 0.2) is 0 Å². The van der Waals surface area contributed by atoms with E-state index in [-0.39, 0.29) is 5.69 Å². The van der Waals surface area contributed by atoms with Crippen LogP contribution >= 0.6 is 15.9 Å². The number of halogens is 1. The molecule has 0 radical (unpaired) electrons. The average Bonchev–Trinajstić information content (AvgIpc) is 2.20. The van der Waals surface area contributed by atoms with Gasteiger partial charge in [0.2, 0.25) is 0 Å². The Hall–Kier alpha value is -1.36. The zero-order chi connectivity index (χ0) is 12.1. The van der Waals surface area contributed by atoms with Gasteiger partial charge < -0.3 is 4.74 Å². The first kappa shape index (κ1) is 12.7. The monoisotopic (exact) mass is 285 g/mol. The van der Waals surface area contributed by atoms with Crippen LogP contribution in [0.15, 0.2) is 34.8 Å². The van der Waals surface area contributed by atoms with E-state index in [0.29, 0.717) is 16.8 Å². The van der Waals surface area contributed by atoms with E-state index in [1.165, 1.54) is 12.1 Å². The van der Waals surface area contributed by atoms with Crippen molar-refractivity contribution < 1.29 is 9.66 Å².